The van der Waals surface area contributed by atoms with Crippen LogP contribution >= 0.6 is 0 Å². The lowest BCUT2D eigenvalue weighted by molar-refractivity contribution is 0.0635. The maximum Gasteiger partial charge on any atom is 0.161 e. The Morgan fingerprint density at radius 1 is 1.06 bits per heavy atom. The van der Waals surface area contributed by atoms with Gasteiger partial charge in [-0.25, -0.2) is 0 Å². The van der Waals surface area contributed by atoms with Crippen LogP contribution in [0.25, 0.3) is 0 Å². The molecule has 1 unspecified atom stereocenters. The van der Waals surface area contributed by atoms with Crippen molar-refractivity contribution in [1.29, 1.82) is 0 Å². The number of benzene rings is 1. The van der Waals surface area contributed by atoms with Crippen LogP contribution in [0.5, 0.6) is 11.5 Å². The molecule has 2 N–H and O–H groups in total. The monoisotopic (exact) mass is 255 g/mol. The second kappa shape index (κ2) is 7.92. The Labute approximate surface area is 108 Å². The van der Waals surface area contributed by atoms with E-state index < -0.39 is 0 Å². The highest BCUT2D eigenvalue weighted by molar-refractivity contribution is 5.43. The normalized spacial score (nSPS) is 12.2. The molecule has 1 rings (SSSR count). The molecule has 1 aromatic carbocycles. The zero-order valence-electron chi connectivity index (χ0n) is 11.1. The summed E-state index contributed by atoms with van der Waals surface area (Å²) in [7, 11) is 4.84. The molecular formula is C13H21NO4. The standard InChI is InChI=1S/C13H21NO4/c1-15-6-7-18-9-11(14)10-4-5-12(16-2)13(8-10)17-3/h4-5,8,11H,6-7,9,14H2,1-3H3. The van der Waals surface area contributed by atoms with Crippen molar-refractivity contribution in [3.63, 3.8) is 0 Å². The Hall–Kier alpha value is -1.30. The molecule has 0 heterocycles. The number of rotatable bonds is 8. The average molecular weight is 255 g/mol. The average Bonchev–Trinajstić information content (AvgIpc) is 2.42. The Bertz CT molecular complexity index is 357. The fraction of sp³-hybridized carbons (Fsp3) is 0.538. The predicted octanol–water partition coefficient (Wildman–Crippen LogP) is 1.37. The molecule has 0 aromatic heterocycles. The largest absolute Gasteiger partial charge is 0.493 e. The van der Waals surface area contributed by atoms with Gasteiger partial charge in [0.05, 0.1) is 40.1 Å². The minimum Gasteiger partial charge on any atom is -0.493 e. The Morgan fingerprint density at radius 2 is 1.78 bits per heavy atom. The SMILES string of the molecule is COCCOCC(N)c1ccc(OC)c(OC)c1. The molecule has 18 heavy (non-hydrogen) atoms. The quantitative estimate of drug-likeness (QED) is 0.711. The van der Waals surface area contributed by atoms with Crippen LogP contribution in [0, 0.1) is 0 Å². The van der Waals surface area contributed by atoms with Gasteiger partial charge in [0.25, 0.3) is 0 Å². The number of hydrogen-bond acceptors (Lipinski definition) is 5. The molecule has 1 aromatic rings. The fourth-order valence-electron chi connectivity index (χ4n) is 1.53. The van der Waals surface area contributed by atoms with Crippen molar-refractivity contribution in [1.82, 2.24) is 0 Å². The fourth-order valence-corrected chi connectivity index (χ4v) is 1.53. The second-order valence-corrected chi connectivity index (χ2v) is 3.79. The van der Waals surface area contributed by atoms with E-state index in [0.29, 0.717) is 31.3 Å². The van der Waals surface area contributed by atoms with Gasteiger partial charge in [0.2, 0.25) is 0 Å². The van der Waals surface area contributed by atoms with Crippen LogP contribution < -0.4 is 15.2 Å². The summed E-state index contributed by atoms with van der Waals surface area (Å²) in [5.41, 5.74) is 6.98. The van der Waals surface area contributed by atoms with Crippen molar-refractivity contribution in [3.05, 3.63) is 23.8 Å². The summed E-state index contributed by atoms with van der Waals surface area (Å²) in [4.78, 5) is 0. The van der Waals surface area contributed by atoms with Crippen LogP contribution in [-0.4, -0.2) is 41.2 Å². The van der Waals surface area contributed by atoms with Gasteiger partial charge in [-0.3, -0.25) is 0 Å². The summed E-state index contributed by atoms with van der Waals surface area (Å²) in [6.07, 6.45) is 0. The summed E-state index contributed by atoms with van der Waals surface area (Å²) < 4.78 is 20.7. The lowest BCUT2D eigenvalue weighted by Crippen LogP contribution is -2.18. The third kappa shape index (κ3) is 4.18. The van der Waals surface area contributed by atoms with Crippen molar-refractivity contribution in [2.75, 3.05) is 41.2 Å². The highest BCUT2D eigenvalue weighted by atomic mass is 16.5. The van der Waals surface area contributed by atoms with Gasteiger partial charge in [-0.05, 0) is 17.7 Å². The maximum absolute atomic E-state index is 6.03. The highest BCUT2D eigenvalue weighted by Crippen LogP contribution is 2.29. The van der Waals surface area contributed by atoms with E-state index in [1.54, 1.807) is 21.3 Å². The first-order valence-corrected chi connectivity index (χ1v) is 5.77. The van der Waals surface area contributed by atoms with E-state index in [2.05, 4.69) is 0 Å². The molecular weight excluding hydrogens is 234 g/mol. The smallest absolute Gasteiger partial charge is 0.161 e. The molecule has 0 bridgehead atoms. The Balaban J connectivity index is 2.59. The first-order valence-electron chi connectivity index (χ1n) is 5.77. The summed E-state index contributed by atoms with van der Waals surface area (Å²) in [5, 5.41) is 0. The number of ether oxygens (including phenoxy) is 4. The summed E-state index contributed by atoms with van der Waals surface area (Å²) in [5.74, 6) is 1.36. The van der Waals surface area contributed by atoms with Crippen molar-refractivity contribution >= 4 is 0 Å². The van der Waals surface area contributed by atoms with Crippen LogP contribution in [0.15, 0.2) is 18.2 Å². The molecule has 1 atom stereocenters. The maximum atomic E-state index is 6.03. The third-order valence-electron chi connectivity index (χ3n) is 2.56. The molecule has 0 aliphatic rings. The molecule has 5 nitrogen and oxygen atoms in total. The van der Waals surface area contributed by atoms with Crippen LogP contribution in [0.3, 0.4) is 0 Å². The molecule has 0 spiro atoms. The zero-order chi connectivity index (χ0) is 13.4. The van der Waals surface area contributed by atoms with E-state index in [1.807, 2.05) is 18.2 Å². The third-order valence-corrected chi connectivity index (χ3v) is 2.56. The molecule has 0 radical (unpaired) electrons. The lowest BCUT2D eigenvalue weighted by atomic mass is 10.1. The van der Waals surface area contributed by atoms with E-state index in [-0.39, 0.29) is 6.04 Å². The van der Waals surface area contributed by atoms with Crippen LogP contribution in [0.2, 0.25) is 0 Å². The number of hydrogen-bond donors (Lipinski definition) is 1. The Morgan fingerprint density at radius 3 is 2.39 bits per heavy atom. The first-order chi connectivity index (χ1) is 8.72. The molecule has 0 aliphatic carbocycles. The molecule has 0 amide bonds. The van der Waals surface area contributed by atoms with E-state index >= 15 is 0 Å². The predicted molar refractivity (Wildman–Crippen MR) is 69.2 cm³/mol. The first kappa shape index (κ1) is 14.8. The van der Waals surface area contributed by atoms with Gasteiger partial charge < -0.3 is 24.7 Å². The minimum atomic E-state index is -0.193. The Kier molecular flexibility index (Phi) is 6.49. The summed E-state index contributed by atoms with van der Waals surface area (Å²) in [6, 6.07) is 5.42. The topological polar surface area (TPSA) is 62.9 Å². The molecule has 0 fully saturated rings. The summed E-state index contributed by atoms with van der Waals surface area (Å²) >= 11 is 0. The van der Waals surface area contributed by atoms with Gasteiger partial charge >= 0.3 is 0 Å². The van der Waals surface area contributed by atoms with E-state index in [0.717, 1.165) is 5.56 Å². The molecule has 0 aliphatic heterocycles. The van der Waals surface area contributed by atoms with E-state index in [9.17, 15) is 0 Å². The van der Waals surface area contributed by atoms with Gasteiger partial charge in [-0.15, -0.1) is 0 Å². The van der Waals surface area contributed by atoms with Gasteiger partial charge in [0, 0.05) is 7.11 Å². The number of methoxy groups -OCH3 is 3. The number of nitrogens with two attached hydrogens (primary N) is 1. The minimum absolute atomic E-state index is 0.193. The molecule has 0 saturated carbocycles. The van der Waals surface area contributed by atoms with E-state index in [1.165, 1.54) is 0 Å². The van der Waals surface area contributed by atoms with Gasteiger partial charge in [0.1, 0.15) is 0 Å². The van der Waals surface area contributed by atoms with Crippen LogP contribution in [-0.2, 0) is 9.47 Å². The summed E-state index contributed by atoms with van der Waals surface area (Å²) in [6.45, 7) is 1.55. The lowest BCUT2D eigenvalue weighted by Gasteiger charge is -2.15. The van der Waals surface area contributed by atoms with Crippen molar-refractivity contribution in [2.24, 2.45) is 5.73 Å². The molecule has 0 saturated heterocycles. The van der Waals surface area contributed by atoms with Gasteiger partial charge in [-0.2, -0.15) is 0 Å². The van der Waals surface area contributed by atoms with Gasteiger partial charge in [0.15, 0.2) is 11.5 Å². The zero-order valence-corrected chi connectivity index (χ0v) is 11.1. The van der Waals surface area contributed by atoms with Crippen molar-refractivity contribution < 1.29 is 18.9 Å². The highest BCUT2D eigenvalue weighted by Gasteiger charge is 2.10. The van der Waals surface area contributed by atoms with Crippen LogP contribution in [0.1, 0.15) is 11.6 Å². The van der Waals surface area contributed by atoms with Crippen molar-refractivity contribution in [2.45, 2.75) is 6.04 Å². The van der Waals surface area contributed by atoms with Crippen molar-refractivity contribution in [3.8, 4) is 11.5 Å². The second-order valence-electron chi connectivity index (χ2n) is 3.79. The molecule has 102 valence electrons. The van der Waals surface area contributed by atoms with Crippen LogP contribution in [0.4, 0.5) is 0 Å². The van der Waals surface area contributed by atoms with E-state index in [4.69, 9.17) is 24.7 Å². The molecule has 5 heteroatoms. The van der Waals surface area contributed by atoms with Gasteiger partial charge in [-0.1, -0.05) is 6.07 Å².